The van der Waals surface area contributed by atoms with Gasteiger partial charge in [0.05, 0.1) is 12.1 Å². The third-order valence-electron chi connectivity index (χ3n) is 3.62. The number of carbonyl (C=O) groups excluding carboxylic acids is 2. The van der Waals surface area contributed by atoms with Gasteiger partial charge in [-0.3, -0.25) is 9.69 Å². The number of imide groups is 1. The van der Waals surface area contributed by atoms with Crippen molar-refractivity contribution in [3.8, 4) is 0 Å². The van der Waals surface area contributed by atoms with Crippen LogP contribution in [0.3, 0.4) is 0 Å². The number of aromatic nitrogens is 1. The third kappa shape index (κ3) is 3.16. The maximum atomic E-state index is 11.4. The molecule has 1 aliphatic heterocycles. The summed E-state index contributed by atoms with van der Waals surface area (Å²) in [5.74, 6) is -0.145. The Hall–Kier alpha value is -1.47. The predicted octanol–water partition coefficient (Wildman–Crippen LogP) is 1.30. The van der Waals surface area contributed by atoms with Crippen LogP contribution in [0, 0.1) is 0 Å². The average molecular weight is 296 g/mol. The first-order valence-electron chi connectivity index (χ1n) is 6.80. The van der Waals surface area contributed by atoms with Crippen molar-refractivity contribution in [2.45, 2.75) is 32.2 Å². The largest absolute Gasteiger partial charge is 0.329 e. The van der Waals surface area contributed by atoms with Gasteiger partial charge in [-0.15, -0.1) is 11.3 Å². The maximum Gasteiger partial charge on any atom is 0.324 e. The number of thiazole rings is 1. The summed E-state index contributed by atoms with van der Waals surface area (Å²) >= 11 is 1.64. The lowest BCUT2D eigenvalue weighted by molar-refractivity contribution is -0.125. The molecule has 0 bridgehead atoms. The lowest BCUT2D eigenvalue weighted by Gasteiger charge is -2.27. The standard InChI is InChI=1S/C13H20N4O2S/c1-3-13(2,11-14-6-8-20-11)16-5-4-7-17-10(18)9-15-12(17)19/h6,8,16H,3-5,7,9H2,1-2H3,(H,15,19). The van der Waals surface area contributed by atoms with Gasteiger partial charge in [0, 0.05) is 18.1 Å². The van der Waals surface area contributed by atoms with Crippen LogP contribution in [0.1, 0.15) is 31.7 Å². The molecule has 3 amide bonds. The highest BCUT2D eigenvalue weighted by Crippen LogP contribution is 2.25. The Bertz CT molecular complexity index is 461. The van der Waals surface area contributed by atoms with Crippen LogP contribution < -0.4 is 10.6 Å². The van der Waals surface area contributed by atoms with E-state index in [-0.39, 0.29) is 24.0 Å². The minimum Gasteiger partial charge on any atom is -0.329 e. The molecule has 1 aromatic rings. The highest BCUT2D eigenvalue weighted by molar-refractivity contribution is 7.09. The minimum atomic E-state index is -0.284. The summed E-state index contributed by atoms with van der Waals surface area (Å²) < 4.78 is 0. The van der Waals surface area contributed by atoms with Gasteiger partial charge in [0.2, 0.25) is 5.91 Å². The quantitative estimate of drug-likeness (QED) is 0.587. The van der Waals surface area contributed by atoms with Crippen LogP contribution in [-0.4, -0.2) is 41.5 Å². The van der Waals surface area contributed by atoms with Crippen LogP contribution in [0.15, 0.2) is 11.6 Å². The Morgan fingerprint density at radius 2 is 2.35 bits per heavy atom. The number of nitrogens with one attached hydrogen (secondary N) is 2. The molecule has 2 N–H and O–H groups in total. The molecular formula is C13H20N4O2S. The second-order valence-electron chi connectivity index (χ2n) is 5.01. The fraction of sp³-hybridized carbons (Fsp3) is 0.615. The Labute approximate surface area is 122 Å². The monoisotopic (exact) mass is 296 g/mol. The predicted molar refractivity (Wildman–Crippen MR) is 77.5 cm³/mol. The van der Waals surface area contributed by atoms with Gasteiger partial charge in [-0.1, -0.05) is 6.92 Å². The van der Waals surface area contributed by atoms with Gasteiger partial charge >= 0.3 is 6.03 Å². The lowest BCUT2D eigenvalue weighted by Crippen LogP contribution is -2.41. The minimum absolute atomic E-state index is 0.123. The molecule has 0 saturated carbocycles. The zero-order valence-corrected chi connectivity index (χ0v) is 12.6. The molecule has 0 aliphatic carbocycles. The Kier molecular flexibility index (Phi) is 4.72. The van der Waals surface area contributed by atoms with E-state index in [1.165, 1.54) is 4.90 Å². The van der Waals surface area contributed by atoms with Crippen molar-refractivity contribution >= 4 is 23.3 Å². The molecule has 2 heterocycles. The number of hydrogen-bond acceptors (Lipinski definition) is 5. The van der Waals surface area contributed by atoms with E-state index in [4.69, 9.17) is 0 Å². The molecule has 0 radical (unpaired) electrons. The first-order valence-corrected chi connectivity index (χ1v) is 7.68. The number of hydrogen-bond donors (Lipinski definition) is 2. The SMILES string of the molecule is CCC(C)(NCCCN1C(=O)CNC1=O)c1nccs1. The molecule has 0 aromatic carbocycles. The van der Waals surface area contributed by atoms with Crippen LogP contribution in [-0.2, 0) is 10.3 Å². The highest BCUT2D eigenvalue weighted by atomic mass is 32.1. The van der Waals surface area contributed by atoms with E-state index >= 15 is 0 Å². The van der Waals surface area contributed by atoms with Crippen LogP contribution in [0.5, 0.6) is 0 Å². The summed E-state index contributed by atoms with van der Waals surface area (Å²) in [6.07, 6.45) is 3.48. The smallest absolute Gasteiger partial charge is 0.324 e. The van der Waals surface area contributed by atoms with Crippen LogP contribution >= 0.6 is 11.3 Å². The molecule has 1 saturated heterocycles. The van der Waals surface area contributed by atoms with Gasteiger partial charge in [-0.25, -0.2) is 9.78 Å². The van der Waals surface area contributed by atoms with Crippen molar-refractivity contribution in [1.29, 1.82) is 0 Å². The lowest BCUT2D eigenvalue weighted by atomic mass is 10.00. The van der Waals surface area contributed by atoms with Crippen molar-refractivity contribution in [3.05, 3.63) is 16.6 Å². The van der Waals surface area contributed by atoms with E-state index in [1.807, 2.05) is 11.6 Å². The molecule has 1 atom stereocenters. The van der Waals surface area contributed by atoms with E-state index in [0.29, 0.717) is 6.54 Å². The number of amides is 3. The number of urea groups is 1. The molecule has 0 spiro atoms. The molecule has 110 valence electrons. The normalized spacial score (nSPS) is 18.2. The summed E-state index contributed by atoms with van der Waals surface area (Å²) in [5, 5.41) is 9.03. The molecule has 1 aromatic heterocycles. The second-order valence-corrected chi connectivity index (χ2v) is 5.90. The fourth-order valence-corrected chi connectivity index (χ4v) is 2.98. The van der Waals surface area contributed by atoms with Crippen LogP contribution in [0.25, 0.3) is 0 Å². The maximum absolute atomic E-state index is 11.4. The van der Waals surface area contributed by atoms with Gasteiger partial charge < -0.3 is 10.6 Å². The van der Waals surface area contributed by atoms with Crippen molar-refractivity contribution < 1.29 is 9.59 Å². The Balaban J connectivity index is 1.80. The van der Waals surface area contributed by atoms with Crippen molar-refractivity contribution in [3.63, 3.8) is 0 Å². The van der Waals surface area contributed by atoms with Crippen molar-refractivity contribution in [2.24, 2.45) is 0 Å². The Morgan fingerprint density at radius 1 is 1.55 bits per heavy atom. The van der Waals surface area contributed by atoms with E-state index < -0.39 is 0 Å². The first kappa shape index (κ1) is 14.9. The molecule has 1 aliphatic rings. The molecule has 2 rings (SSSR count). The van der Waals surface area contributed by atoms with E-state index in [2.05, 4.69) is 29.5 Å². The molecular weight excluding hydrogens is 276 g/mol. The molecule has 1 fully saturated rings. The van der Waals surface area contributed by atoms with E-state index in [1.54, 1.807) is 11.3 Å². The zero-order valence-electron chi connectivity index (χ0n) is 11.8. The number of carbonyl (C=O) groups is 2. The molecule has 7 heteroatoms. The van der Waals surface area contributed by atoms with Gasteiger partial charge in [0.1, 0.15) is 5.01 Å². The summed E-state index contributed by atoms with van der Waals surface area (Å²) in [6.45, 7) is 5.56. The summed E-state index contributed by atoms with van der Waals surface area (Å²) in [4.78, 5) is 28.5. The molecule has 6 nitrogen and oxygen atoms in total. The van der Waals surface area contributed by atoms with Gasteiger partial charge in [-0.05, 0) is 26.3 Å². The fourth-order valence-electron chi connectivity index (χ4n) is 2.13. The van der Waals surface area contributed by atoms with E-state index in [0.717, 1.165) is 24.4 Å². The van der Waals surface area contributed by atoms with Gasteiger partial charge in [0.15, 0.2) is 0 Å². The number of rotatable bonds is 7. The molecule has 1 unspecified atom stereocenters. The summed E-state index contributed by atoms with van der Waals surface area (Å²) in [7, 11) is 0. The second kappa shape index (κ2) is 6.32. The Morgan fingerprint density at radius 3 is 2.90 bits per heavy atom. The van der Waals surface area contributed by atoms with Crippen molar-refractivity contribution in [2.75, 3.05) is 19.6 Å². The van der Waals surface area contributed by atoms with Gasteiger partial charge in [0.25, 0.3) is 0 Å². The topological polar surface area (TPSA) is 74.3 Å². The zero-order chi connectivity index (χ0) is 14.6. The first-order chi connectivity index (χ1) is 9.57. The average Bonchev–Trinajstić information content (AvgIpc) is 3.07. The van der Waals surface area contributed by atoms with Crippen molar-refractivity contribution in [1.82, 2.24) is 20.5 Å². The number of nitrogens with zero attached hydrogens (tertiary/aromatic N) is 2. The van der Waals surface area contributed by atoms with E-state index in [9.17, 15) is 9.59 Å². The van der Waals surface area contributed by atoms with Crippen LogP contribution in [0.2, 0.25) is 0 Å². The highest BCUT2D eigenvalue weighted by Gasteiger charge is 2.29. The third-order valence-corrected chi connectivity index (χ3v) is 4.66. The van der Waals surface area contributed by atoms with Gasteiger partial charge in [-0.2, -0.15) is 0 Å². The van der Waals surface area contributed by atoms with Crippen LogP contribution in [0.4, 0.5) is 4.79 Å². The molecule has 20 heavy (non-hydrogen) atoms. The summed E-state index contributed by atoms with van der Waals surface area (Å²) in [5.41, 5.74) is -0.147. The summed E-state index contributed by atoms with van der Waals surface area (Å²) in [6, 6.07) is -0.284.